The Morgan fingerprint density at radius 2 is 2.00 bits per heavy atom. The number of aliphatic carboxylic acids is 1. The lowest BCUT2D eigenvalue weighted by molar-refractivity contribution is -0.145. The second kappa shape index (κ2) is 5.96. The Morgan fingerprint density at radius 3 is 2.47 bits per heavy atom. The summed E-state index contributed by atoms with van der Waals surface area (Å²) in [5.41, 5.74) is 0.638. The van der Waals surface area contributed by atoms with Crippen LogP contribution in [0.4, 0.5) is 0 Å². The average Bonchev–Trinajstić information content (AvgIpc) is 2.26. The van der Waals surface area contributed by atoms with E-state index in [1.54, 1.807) is 37.3 Å². The van der Waals surface area contributed by atoms with Crippen molar-refractivity contribution in [3.05, 3.63) is 35.9 Å². The number of carboxylic acids is 1. The van der Waals surface area contributed by atoms with Gasteiger partial charge >= 0.3 is 13.6 Å². The summed E-state index contributed by atoms with van der Waals surface area (Å²) in [6.45, 7) is 1.58. The molecule has 0 spiro atoms. The first-order chi connectivity index (χ1) is 7.94. The first kappa shape index (κ1) is 13.9. The predicted molar refractivity (Wildman–Crippen MR) is 62.8 cm³/mol. The molecule has 1 aromatic carbocycles. The van der Waals surface area contributed by atoms with E-state index in [4.69, 9.17) is 9.63 Å². The highest BCUT2D eigenvalue weighted by Gasteiger charge is 2.28. The highest BCUT2D eigenvalue weighted by Crippen LogP contribution is 2.47. The molecule has 0 aliphatic carbocycles. The van der Waals surface area contributed by atoms with Crippen molar-refractivity contribution in [1.82, 2.24) is 0 Å². The van der Waals surface area contributed by atoms with Gasteiger partial charge in [0.2, 0.25) is 0 Å². The molecule has 1 rings (SSSR count). The minimum atomic E-state index is -3.92. The van der Waals surface area contributed by atoms with Crippen LogP contribution in [-0.2, 0) is 20.0 Å². The summed E-state index contributed by atoms with van der Waals surface area (Å²) in [5.74, 6) is -1.23. The van der Waals surface area contributed by atoms with Gasteiger partial charge < -0.3 is 10.00 Å². The van der Waals surface area contributed by atoms with Gasteiger partial charge in [-0.15, -0.1) is 0 Å². The number of rotatable bonds is 6. The van der Waals surface area contributed by atoms with E-state index in [-0.39, 0.29) is 12.6 Å². The van der Waals surface area contributed by atoms with Crippen LogP contribution < -0.4 is 0 Å². The molecule has 0 aliphatic heterocycles. The van der Waals surface area contributed by atoms with Crippen LogP contribution >= 0.6 is 7.60 Å². The molecule has 0 heterocycles. The molecular formula is C11H15O5P. The summed E-state index contributed by atoms with van der Waals surface area (Å²) in [6, 6.07) is 8.65. The summed E-state index contributed by atoms with van der Waals surface area (Å²) < 4.78 is 16.5. The molecule has 0 radical (unpaired) electrons. The van der Waals surface area contributed by atoms with Gasteiger partial charge in [-0.25, -0.2) is 4.79 Å². The van der Waals surface area contributed by atoms with Crippen LogP contribution in [0.3, 0.4) is 0 Å². The van der Waals surface area contributed by atoms with Crippen LogP contribution in [0.2, 0.25) is 0 Å². The highest BCUT2D eigenvalue weighted by molar-refractivity contribution is 7.52. The van der Waals surface area contributed by atoms with Crippen molar-refractivity contribution in [2.24, 2.45) is 0 Å². The summed E-state index contributed by atoms with van der Waals surface area (Å²) in [6.07, 6.45) is -1.28. The molecule has 0 saturated heterocycles. The fourth-order valence-electron chi connectivity index (χ4n) is 1.34. The maximum Gasteiger partial charge on any atom is 0.333 e. The zero-order valence-electron chi connectivity index (χ0n) is 9.44. The maximum absolute atomic E-state index is 11.7. The Hall–Kier alpha value is -1.16. The lowest BCUT2D eigenvalue weighted by Gasteiger charge is -2.16. The molecule has 17 heavy (non-hydrogen) atoms. The molecule has 0 aliphatic rings. The summed E-state index contributed by atoms with van der Waals surface area (Å²) in [5, 5.41) is 8.75. The van der Waals surface area contributed by atoms with Gasteiger partial charge in [0.25, 0.3) is 0 Å². The lowest BCUT2D eigenvalue weighted by atomic mass is 10.2. The quantitative estimate of drug-likeness (QED) is 0.764. The minimum Gasteiger partial charge on any atom is -0.479 e. The van der Waals surface area contributed by atoms with Crippen LogP contribution in [0.25, 0.3) is 0 Å². The van der Waals surface area contributed by atoms with Crippen molar-refractivity contribution in [2.45, 2.75) is 25.6 Å². The van der Waals surface area contributed by atoms with Gasteiger partial charge in [0.05, 0.1) is 6.16 Å². The van der Waals surface area contributed by atoms with Gasteiger partial charge in [-0.3, -0.25) is 9.09 Å². The van der Waals surface area contributed by atoms with Crippen molar-refractivity contribution >= 4 is 13.6 Å². The van der Waals surface area contributed by atoms with Crippen molar-refractivity contribution in [2.75, 3.05) is 0 Å². The van der Waals surface area contributed by atoms with Crippen molar-refractivity contribution in [3.63, 3.8) is 0 Å². The largest absolute Gasteiger partial charge is 0.479 e. The molecule has 5 nitrogen and oxygen atoms in total. The monoisotopic (exact) mass is 258 g/mol. The molecule has 0 amide bonds. The van der Waals surface area contributed by atoms with Crippen LogP contribution in [-0.4, -0.2) is 22.1 Å². The lowest BCUT2D eigenvalue weighted by Crippen LogP contribution is -2.21. The van der Waals surface area contributed by atoms with E-state index >= 15 is 0 Å². The van der Waals surface area contributed by atoms with E-state index in [1.807, 2.05) is 0 Å². The van der Waals surface area contributed by atoms with Crippen molar-refractivity contribution in [3.8, 4) is 0 Å². The third-order valence-corrected chi connectivity index (χ3v) is 3.51. The van der Waals surface area contributed by atoms with Gasteiger partial charge in [-0.1, -0.05) is 37.3 Å². The zero-order chi connectivity index (χ0) is 12.9. The Balaban J connectivity index is 2.69. The number of carboxylic acid groups (broad SMARTS) is 1. The van der Waals surface area contributed by atoms with Crippen LogP contribution in [0.15, 0.2) is 30.3 Å². The summed E-state index contributed by atoms with van der Waals surface area (Å²) in [4.78, 5) is 20.3. The first-order valence-electron chi connectivity index (χ1n) is 5.21. The summed E-state index contributed by atoms with van der Waals surface area (Å²) >= 11 is 0. The topological polar surface area (TPSA) is 83.8 Å². The molecule has 0 aromatic heterocycles. The normalized spacial score (nSPS) is 16.1. The van der Waals surface area contributed by atoms with E-state index < -0.39 is 19.7 Å². The third kappa shape index (κ3) is 4.69. The standard InChI is InChI=1S/C11H15O5P/c1-2-10(11(12)13)16-17(14,15)8-9-6-4-3-5-7-9/h3-7,10H,2,8H2,1H3,(H,12,13)(H,14,15). The van der Waals surface area contributed by atoms with Crippen molar-refractivity contribution in [1.29, 1.82) is 0 Å². The molecule has 0 bridgehead atoms. The van der Waals surface area contributed by atoms with Crippen LogP contribution in [0.1, 0.15) is 18.9 Å². The Kier molecular flexibility index (Phi) is 4.87. The van der Waals surface area contributed by atoms with Crippen LogP contribution in [0, 0.1) is 0 Å². The zero-order valence-corrected chi connectivity index (χ0v) is 10.3. The number of hydrogen-bond donors (Lipinski definition) is 2. The Labute approximate surface area is 99.6 Å². The number of benzene rings is 1. The molecule has 0 saturated carbocycles. The molecule has 2 N–H and O–H groups in total. The molecule has 2 unspecified atom stereocenters. The second-order valence-corrected chi connectivity index (χ2v) is 5.42. The van der Waals surface area contributed by atoms with Crippen LogP contribution in [0.5, 0.6) is 0 Å². The number of carbonyl (C=O) groups is 1. The second-order valence-electron chi connectivity index (χ2n) is 3.62. The highest BCUT2D eigenvalue weighted by atomic mass is 31.2. The van der Waals surface area contributed by atoms with E-state index in [0.29, 0.717) is 5.56 Å². The number of hydrogen-bond acceptors (Lipinski definition) is 3. The van der Waals surface area contributed by atoms with Gasteiger partial charge in [0.1, 0.15) is 0 Å². The summed E-state index contributed by atoms with van der Waals surface area (Å²) in [7, 11) is -3.92. The fourth-order valence-corrected chi connectivity index (χ4v) is 2.73. The Bertz CT molecular complexity index is 417. The molecule has 94 valence electrons. The average molecular weight is 258 g/mol. The Morgan fingerprint density at radius 1 is 1.41 bits per heavy atom. The fraction of sp³-hybridized carbons (Fsp3) is 0.364. The third-order valence-electron chi connectivity index (χ3n) is 2.16. The predicted octanol–water partition coefficient (Wildman–Crippen LogP) is 2.25. The molecule has 2 atom stereocenters. The van der Waals surface area contributed by atoms with Gasteiger partial charge in [-0.2, -0.15) is 0 Å². The first-order valence-corrected chi connectivity index (χ1v) is 6.98. The van der Waals surface area contributed by atoms with Gasteiger partial charge in [-0.05, 0) is 12.0 Å². The SMILES string of the molecule is CCC(OP(=O)(O)Cc1ccccc1)C(=O)O. The van der Waals surface area contributed by atoms with Gasteiger partial charge in [0, 0.05) is 0 Å². The molecular weight excluding hydrogens is 243 g/mol. The van der Waals surface area contributed by atoms with Gasteiger partial charge in [0.15, 0.2) is 6.10 Å². The van der Waals surface area contributed by atoms with E-state index in [1.165, 1.54) is 0 Å². The van der Waals surface area contributed by atoms with E-state index in [0.717, 1.165) is 0 Å². The minimum absolute atomic E-state index is 0.147. The molecule has 6 heteroatoms. The molecule has 1 aromatic rings. The van der Waals surface area contributed by atoms with E-state index in [2.05, 4.69) is 0 Å². The maximum atomic E-state index is 11.7. The molecule has 0 fully saturated rings. The van der Waals surface area contributed by atoms with Crippen molar-refractivity contribution < 1.29 is 23.9 Å². The smallest absolute Gasteiger partial charge is 0.333 e. The van der Waals surface area contributed by atoms with E-state index in [9.17, 15) is 14.3 Å².